The van der Waals surface area contributed by atoms with Crippen LogP contribution in [0.1, 0.15) is 18.4 Å². The summed E-state index contributed by atoms with van der Waals surface area (Å²) < 4.78 is 15.5. The van der Waals surface area contributed by atoms with Gasteiger partial charge in [0.15, 0.2) is 0 Å². The summed E-state index contributed by atoms with van der Waals surface area (Å²) in [6, 6.07) is 7.72. The van der Waals surface area contributed by atoms with Crippen molar-refractivity contribution in [3.63, 3.8) is 0 Å². The minimum atomic E-state index is -0.219. The molecule has 0 bridgehead atoms. The van der Waals surface area contributed by atoms with E-state index in [2.05, 4.69) is 10.4 Å². The third-order valence-corrected chi connectivity index (χ3v) is 3.19. The zero-order valence-electron chi connectivity index (χ0n) is 10.4. The fourth-order valence-electron chi connectivity index (χ4n) is 1.99. The molecule has 2 aromatic rings. The van der Waals surface area contributed by atoms with Crippen LogP contribution in [-0.2, 0) is 13.6 Å². The minimum absolute atomic E-state index is 0.219. The fraction of sp³-hybridized carbons (Fsp3) is 0.357. The molecule has 1 fully saturated rings. The van der Waals surface area contributed by atoms with Crippen LogP contribution in [0.5, 0.6) is 0 Å². The van der Waals surface area contributed by atoms with Crippen LogP contribution in [0.2, 0.25) is 0 Å². The first kappa shape index (κ1) is 11.4. The van der Waals surface area contributed by atoms with Crippen LogP contribution in [0.15, 0.2) is 30.5 Å². The first-order chi connectivity index (χ1) is 8.72. The zero-order chi connectivity index (χ0) is 12.5. The number of hydrogen-bond donors (Lipinski definition) is 1. The molecule has 1 aromatic carbocycles. The molecule has 4 heteroatoms. The molecule has 94 valence electrons. The average Bonchev–Trinajstić information content (AvgIpc) is 3.10. The Balaban J connectivity index is 1.85. The number of aryl methyl sites for hydroxylation is 1. The van der Waals surface area contributed by atoms with Gasteiger partial charge >= 0.3 is 0 Å². The SMILES string of the molecule is Cn1ccc(-c2cc(CNC3CC3)ccc2F)n1. The zero-order valence-corrected chi connectivity index (χ0v) is 10.4. The van der Waals surface area contributed by atoms with Gasteiger partial charge in [0.05, 0.1) is 5.69 Å². The van der Waals surface area contributed by atoms with Gasteiger partial charge in [0, 0.05) is 31.4 Å². The normalized spacial score (nSPS) is 15.0. The van der Waals surface area contributed by atoms with Gasteiger partial charge in [-0.3, -0.25) is 4.68 Å². The van der Waals surface area contributed by atoms with E-state index in [4.69, 9.17) is 0 Å². The Hall–Kier alpha value is -1.68. The number of nitrogens with one attached hydrogen (secondary N) is 1. The van der Waals surface area contributed by atoms with E-state index in [0.717, 1.165) is 12.1 Å². The lowest BCUT2D eigenvalue weighted by atomic mass is 10.1. The van der Waals surface area contributed by atoms with Gasteiger partial charge in [-0.15, -0.1) is 0 Å². The summed E-state index contributed by atoms with van der Waals surface area (Å²) in [5.74, 6) is -0.219. The third kappa shape index (κ3) is 2.43. The maximum Gasteiger partial charge on any atom is 0.132 e. The monoisotopic (exact) mass is 245 g/mol. The van der Waals surface area contributed by atoms with E-state index in [1.165, 1.54) is 18.9 Å². The smallest absolute Gasteiger partial charge is 0.132 e. The van der Waals surface area contributed by atoms with Crippen LogP contribution >= 0.6 is 0 Å². The Morgan fingerprint density at radius 2 is 2.22 bits per heavy atom. The first-order valence-electron chi connectivity index (χ1n) is 6.24. The second-order valence-corrected chi connectivity index (χ2v) is 4.84. The molecule has 1 aromatic heterocycles. The summed E-state index contributed by atoms with van der Waals surface area (Å²) in [6.07, 6.45) is 4.34. The highest BCUT2D eigenvalue weighted by Gasteiger charge is 2.20. The van der Waals surface area contributed by atoms with E-state index in [1.807, 2.05) is 31.4 Å². The molecule has 0 spiro atoms. The molecule has 1 aliphatic rings. The van der Waals surface area contributed by atoms with Crippen LogP contribution < -0.4 is 5.32 Å². The molecule has 0 radical (unpaired) electrons. The molecule has 0 aliphatic heterocycles. The fourth-order valence-corrected chi connectivity index (χ4v) is 1.99. The lowest BCUT2D eigenvalue weighted by Gasteiger charge is -2.06. The Morgan fingerprint density at radius 1 is 1.39 bits per heavy atom. The van der Waals surface area contributed by atoms with Crippen molar-refractivity contribution >= 4 is 0 Å². The average molecular weight is 245 g/mol. The standard InChI is InChI=1S/C14H16FN3/c1-18-7-6-14(17-18)12-8-10(2-5-13(12)15)9-16-11-3-4-11/h2,5-8,11,16H,3-4,9H2,1H3. The Kier molecular flexibility index (Phi) is 2.88. The van der Waals surface area contributed by atoms with Gasteiger partial charge in [0.25, 0.3) is 0 Å². The van der Waals surface area contributed by atoms with E-state index < -0.39 is 0 Å². The lowest BCUT2D eigenvalue weighted by Crippen LogP contribution is -2.15. The number of rotatable bonds is 4. The Morgan fingerprint density at radius 3 is 2.89 bits per heavy atom. The molecule has 0 unspecified atom stereocenters. The van der Waals surface area contributed by atoms with E-state index in [0.29, 0.717) is 17.3 Å². The molecule has 0 saturated heterocycles. The highest BCUT2D eigenvalue weighted by Crippen LogP contribution is 2.23. The maximum atomic E-state index is 13.8. The second kappa shape index (κ2) is 4.53. The molecular weight excluding hydrogens is 229 g/mol. The van der Waals surface area contributed by atoms with Crippen LogP contribution in [-0.4, -0.2) is 15.8 Å². The van der Waals surface area contributed by atoms with E-state index in [1.54, 1.807) is 4.68 Å². The van der Waals surface area contributed by atoms with Crippen molar-refractivity contribution in [2.24, 2.45) is 7.05 Å². The molecule has 3 rings (SSSR count). The first-order valence-corrected chi connectivity index (χ1v) is 6.24. The molecule has 0 atom stereocenters. The molecular formula is C14H16FN3. The van der Waals surface area contributed by atoms with Crippen molar-refractivity contribution in [1.82, 2.24) is 15.1 Å². The van der Waals surface area contributed by atoms with E-state index in [9.17, 15) is 4.39 Å². The van der Waals surface area contributed by atoms with E-state index in [-0.39, 0.29) is 5.82 Å². The van der Waals surface area contributed by atoms with Crippen molar-refractivity contribution in [3.05, 3.63) is 41.8 Å². The molecule has 3 nitrogen and oxygen atoms in total. The minimum Gasteiger partial charge on any atom is -0.310 e. The molecule has 18 heavy (non-hydrogen) atoms. The topological polar surface area (TPSA) is 29.9 Å². The maximum absolute atomic E-state index is 13.8. The van der Waals surface area contributed by atoms with Gasteiger partial charge < -0.3 is 5.32 Å². The van der Waals surface area contributed by atoms with E-state index >= 15 is 0 Å². The third-order valence-electron chi connectivity index (χ3n) is 3.19. The number of nitrogens with zero attached hydrogens (tertiary/aromatic N) is 2. The van der Waals surface area contributed by atoms with Gasteiger partial charge in [0.1, 0.15) is 5.82 Å². The second-order valence-electron chi connectivity index (χ2n) is 4.84. The number of halogens is 1. The summed E-state index contributed by atoms with van der Waals surface area (Å²) in [5, 5.41) is 7.67. The largest absolute Gasteiger partial charge is 0.310 e. The highest BCUT2D eigenvalue weighted by atomic mass is 19.1. The van der Waals surface area contributed by atoms with Crippen molar-refractivity contribution in [3.8, 4) is 11.3 Å². The van der Waals surface area contributed by atoms with Gasteiger partial charge in [-0.25, -0.2) is 4.39 Å². The van der Waals surface area contributed by atoms with Crippen molar-refractivity contribution in [2.45, 2.75) is 25.4 Å². The van der Waals surface area contributed by atoms with Crippen molar-refractivity contribution < 1.29 is 4.39 Å². The van der Waals surface area contributed by atoms with Gasteiger partial charge in [-0.1, -0.05) is 6.07 Å². The molecule has 1 heterocycles. The van der Waals surface area contributed by atoms with Gasteiger partial charge in [-0.2, -0.15) is 5.10 Å². The van der Waals surface area contributed by atoms with Crippen molar-refractivity contribution in [1.29, 1.82) is 0 Å². The molecule has 1 saturated carbocycles. The predicted molar refractivity (Wildman–Crippen MR) is 68.5 cm³/mol. The summed E-state index contributed by atoms with van der Waals surface area (Å²) in [4.78, 5) is 0. The quantitative estimate of drug-likeness (QED) is 0.896. The summed E-state index contributed by atoms with van der Waals surface area (Å²) in [5.41, 5.74) is 2.36. The van der Waals surface area contributed by atoms with Crippen LogP contribution in [0, 0.1) is 5.82 Å². The van der Waals surface area contributed by atoms with Crippen LogP contribution in [0.25, 0.3) is 11.3 Å². The molecule has 0 amide bonds. The summed E-state index contributed by atoms with van der Waals surface area (Å²) in [6.45, 7) is 0.796. The highest BCUT2D eigenvalue weighted by molar-refractivity contribution is 5.60. The predicted octanol–water partition coefficient (Wildman–Crippen LogP) is 2.48. The summed E-state index contributed by atoms with van der Waals surface area (Å²) >= 11 is 0. The summed E-state index contributed by atoms with van der Waals surface area (Å²) in [7, 11) is 1.83. The number of aromatic nitrogens is 2. The Labute approximate surface area is 106 Å². The van der Waals surface area contributed by atoms with Crippen LogP contribution in [0.4, 0.5) is 4.39 Å². The number of hydrogen-bond acceptors (Lipinski definition) is 2. The Bertz CT molecular complexity index is 558. The lowest BCUT2D eigenvalue weighted by molar-refractivity contribution is 0.627. The molecule has 1 aliphatic carbocycles. The van der Waals surface area contributed by atoms with Crippen LogP contribution in [0.3, 0.4) is 0 Å². The van der Waals surface area contributed by atoms with Gasteiger partial charge in [-0.05, 0) is 36.6 Å². The number of benzene rings is 1. The van der Waals surface area contributed by atoms with Gasteiger partial charge in [0.2, 0.25) is 0 Å². The molecule has 1 N–H and O–H groups in total. The van der Waals surface area contributed by atoms with Crippen molar-refractivity contribution in [2.75, 3.05) is 0 Å².